The summed E-state index contributed by atoms with van der Waals surface area (Å²) >= 11 is 0. The number of nitrogens with one attached hydrogen (secondary N) is 1. The molecule has 0 atom stereocenters. The monoisotopic (exact) mass is 263 g/mol. The first-order valence-corrected chi connectivity index (χ1v) is 6.13. The van der Waals surface area contributed by atoms with Crippen LogP contribution in [0.3, 0.4) is 0 Å². The lowest BCUT2D eigenvalue weighted by molar-refractivity contribution is 0.408. The number of hydrogen-bond donors (Lipinski definition) is 1. The van der Waals surface area contributed by atoms with Gasteiger partial charge in [0.2, 0.25) is 0 Å². The summed E-state index contributed by atoms with van der Waals surface area (Å²) in [6, 6.07) is 10.6. The third-order valence-electron chi connectivity index (χ3n) is 2.66. The van der Waals surface area contributed by atoms with Gasteiger partial charge in [-0.2, -0.15) is 0 Å². The van der Waals surface area contributed by atoms with Crippen LogP contribution >= 0.6 is 0 Å². The van der Waals surface area contributed by atoms with Crippen LogP contribution in [0.2, 0.25) is 0 Å². The molecule has 0 aliphatic rings. The highest BCUT2D eigenvalue weighted by Gasteiger charge is 2.12. The number of hydrogen-bond acceptors (Lipinski definition) is 2. The SMILES string of the molecule is CCNCc1cccc(F)c1Oc1ccccc1F. The number of ether oxygens (including phenoxy) is 1. The molecule has 2 aromatic carbocycles. The van der Waals surface area contributed by atoms with Crippen LogP contribution in [0.5, 0.6) is 11.5 Å². The molecule has 2 aromatic rings. The second kappa shape index (κ2) is 6.29. The molecule has 0 radical (unpaired) electrons. The van der Waals surface area contributed by atoms with E-state index in [4.69, 9.17) is 4.74 Å². The average Bonchev–Trinajstić information content (AvgIpc) is 2.41. The Balaban J connectivity index is 2.31. The van der Waals surface area contributed by atoms with Crippen LogP contribution in [-0.4, -0.2) is 6.54 Å². The first-order valence-electron chi connectivity index (χ1n) is 6.13. The molecule has 100 valence electrons. The Labute approximate surface area is 111 Å². The molecule has 19 heavy (non-hydrogen) atoms. The van der Waals surface area contributed by atoms with Crippen molar-refractivity contribution in [3.63, 3.8) is 0 Å². The van der Waals surface area contributed by atoms with Gasteiger partial charge in [-0.05, 0) is 24.7 Å². The maximum Gasteiger partial charge on any atom is 0.167 e. The smallest absolute Gasteiger partial charge is 0.167 e. The second-order valence-electron chi connectivity index (χ2n) is 4.04. The van der Waals surface area contributed by atoms with Crippen molar-refractivity contribution >= 4 is 0 Å². The van der Waals surface area contributed by atoms with E-state index >= 15 is 0 Å². The van der Waals surface area contributed by atoms with E-state index in [-0.39, 0.29) is 11.5 Å². The Morgan fingerprint density at radius 3 is 2.47 bits per heavy atom. The molecule has 0 aliphatic heterocycles. The molecule has 0 unspecified atom stereocenters. The fraction of sp³-hybridized carbons (Fsp3) is 0.200. The minimum Gasteiger partial charge on any atom is -0.451 e. The van der Waals surface area contributed by atoms with Crippen LogP contribution in [-0.2, 0) is 6.54 Å². The van der Waals surface area contributed by atoms with Crippen molar-refractivity contribution in [1.82, 2.24) is 5.32 Å². The van der Waals surface area contributed by atoms with Crippen LogP contribution in [0, 0.1) is 11.6 Å². The van der Waals surface area contributed by atoms with E-state index in [1.807, 2.05) is 6.92 Å². The van der Waals surface area contributed by atoms with E-state index in [9.17, 15) is 8.78 Å². The maximum atomic E-state index is 13.8. The Bertz CT molecular complexity index is 558. The van der Waals surface area contributed by atoms with Gasteiger partial charge in [-0.25, -0.2) is 8.78 Å². The zero-order chi connectivity index (χ0) is 13.7. The molecule has 1 N–H and O–H groups in total. The highest BCUT2D eigenvalue weighted by atomic mass is 19.1. The highest BCUT2D eigenvalue weighted by molar-refractivity contribution is 5.39. The Kier molecular flexibility index (Phi) is 4.47. The first-order chi connectivity index (χ1) is 9.22. The summed E-state index contributed by atoms with van der Waals surface area (Å²) in [5.74, 6) is -0.933. The summed E-state index contributed by atoms with van der Waals surface area (Å²) in [5, 5.41) is 3.09. The zero-order valence-electron chi connectivity index (χ0n) is 10.6. The third-order valence-corrected chi connectivity index (χ3v) is 2.66. The second-order valence-corrected chi connectivity index (χ2v) is 4.04. The van der Waals surface area contributed by atoms with Crippen molar-refractivity contribution in [2.45, 2.75) is 13.5 Å². The molecular formula is C15H15F2NO. The molecule has 0 spiro atoms. The number of para-hydroxylation sites is 2. The summed E-state index contributed by atoms with van der Waals surface area (Å²) in [4.78, 5) is 0. The van der Waals surface area contributed by atoms with Gasteiger partial charge < -0.3 is 10.1 Å². The first kappa shape index (κ1) is 13.5. The Hall–Kier alpha value is -1.94. The Morgan fingerprint density at radius 1 is 1.00 bits per heavy atom. The molecule has 4 heteroatoms. The number of rotatable bonds is 5. The van der Waals surface area contributed by atoms with Crippen molar-refractivity contribution < 1.29 is 13.5 Å². The van der Waals surface area contributed by atoms with Crippen LogP contribution in [0.1, 0.15) is 12.5 Å². The van der Waals surface area contributed by atoms with Crippen LogP contribution < -0.4 is 10.1 Å². The summed E-state index contributed by atoms with van der Waals surface area (Å²) < 4.78 is 32.7. The standard InChI is InChI=1S/C15H15F2NO/c1-2-18-10-11-6-5-8-13(17)15(11)19-14-9-4-3-7-12(14)16/h3-9,18H,2,10H2,1H3. The van der Waals surface area contributed by atoms with Crippen molar-refractivity contribution in [1.29, 1.82) is 0 Å². The van der Waals surface area contributed by atoms with E-state index < -0.39 is 11.6 Å². The molecule has 0 bridgehead atoms. The molecule has 0 heterocycles. The van der Waals surface area contributed by atoms with Gasteiger partial charge in [0.1, 0.15) is 0 Å². The van der Waals surface area contributed by atoms with Gasteiger partial charge in [-0.3, -0.25) is 0 Å². The minimum atomic E-state index is -0.514. The lowest BCUT2D eigenvalue weighted by Gasteiger charge is -2.12. The highest BCUT2D eigenvalue weighted by Crippen LogP contribution is 2.29. The van der Waals surface area contributed by atoms with Gasteiger partial charge in [-0.1, -0.05) is 31.2 Å². The molecule has 0 amide bonds. The average molecular weight is 263 g/mol. The third kappa shape index (κ3) is 3.29. The quantitative estimate of drug-likeness (QED) is 0.884. The molecule has 0 saturated heterocycles. The van der Waals surface area contributed by atoms with E-state index in [2.05, 4.69) is 5.32 Å². The molecule has 0 fully saturated rings. The zero-order valence-corrected chi connectivity index (χ0v) is 10.6. The van der Waals surface area contributed by atoms with E-state index in [0.717, 1.165) is 6.54 Å². The summed E-state index contributed by atoms with van der Waals surface area (Å²) in [6.45, 7) is 3.18. The van der Waals surface area contributed by atoms with Crippen molar-refractivity contribution in [2.24, 2.45) is 0 Å². The van der Waals surface area contributed by atoms with Gasteiger partial charge in [0.15, 0.2) is 23.1 Å². The predicted octanol–water partition coefficient (Wildman–Crippen LogP) is 3.87. The molecule has 0 aromatic heterocycles. The van der Waals surface area contributed by atoms with Crippen molar-refractivity contribution in [3.05, 3.63) is 59.7 Å². The lowest BCUT2D eigenvalue weighted by atomic mass is 10.2. The molecule has 0 aliphatic carbocycles. The molecule has 0 saturated carbocycles. The van der Waals surface area contributed by atoms with Gasteiger partial charge in [0.25, 0.3) is 0 Å². The van der Waals surface area contributed by atoms with Gasteiger partial charge in [0.05, 0.1) is 0 Å². The van der Waals surface area contributed by atoms with Gasteiger partial charge in [0, 0.05) is 12.1 Å². The largest absolute Gasteiger partial charge is 0.451 e. The maximum absolute atomic E-state index is 13.8. The molecule has 2 nitrogen and oxygen atoms in total. The van der Waals surface area contributed by atoms with Crippen LogP contribution in [0.25, 0.3) is 0 Å². The van der Waals surface area contributed by atoms with Crippen LogP contribution in [0.15, 0.2) is 42.5 Å². The van der Waals surface area contributed by atoms with Crippen LogP contribution in [0.4, 0.5) is 8.78 Å². The molecule has 2 rings (SSSR count). The fourth-order valence-electron chi connectivity index (χ4n) is 1.70. The summed E-state index contributed by atoms with van der Waals surface area (Å²) in [7, 11) is 0. The summed E-state index contributed by atoms with van der Waals surface area (Å²) in [5.41, 5.74) is 0.658. The number of halogens is 2. The van der Waals surface area contributed by atoms with Gasteiger partial charge >= 0.3 is 0 Å². The van der Waals surface area contributed by atoms with Gasteiger partial charge in [-0.15, -0.1) is 0 Å². The van der Waals surface area contributed by atoms with Crippen molar-refractivity contribution in [3.8, 4) is 11.5 Å². The van der Waals surface area contributed by atoms with E-state index in [0.29, 0.717) is 12.1 Å². The molecular weight excluding hydrogens is 248 g/mol. The van der Waals surface area contributed by atoms with E-state index in [1.54, 1.807) is 24.3 Å². The normalized spacial score (nSPS) is 10.5. The topological polar surface area (TPSA) is 21.3 Å². The summed E-state index contributed by atoms with van der Waals surface area (Å²) in [6.07, 6.45) is 0. The van der Waals surface area contributed by atoms with Crippen molar-refractivity contribution in [2.75, 3.05) is 6.54 Å². The minimum absolute atomic E-state index is 0.0188. The number of benzene rings is 2. The lowest BCUT2D eigenvalue weighted by Crippen LogP contribution is -2.12. The Morgan fingerprint density at radius 2 is 1.74 bits per heavy atom. The fourth-order valence-corrected chi connectivity index (χ4v) is 1.70. The predicted molar refractivity (Wildman–Crippen MR) is 70.3 cm³/mol. The van der Waals surface area contributed by atoms with E-state index in [1.165, 1.54) is 18.2 Å².